The molecule has 1 atom stereocenters. The van der Waals surface area contributed by atoms with Gasteiger partial charge in [-0.2, -0.15) is 0 Å². The van der Waals surface area contributed by atoms with E-state index in [1.54, 1.807) is 21.1 Å². The number of aromatic nitrogens is 1. The van der Waals surface area contributed by atoms with Crippen molar-refractivity contribution in [3.8, 4) is 40.8 Å². The molecule has 2 aromatic carbocycles. The Kier molecular flexibility index (Phi) is 5.97. The van der Waals surface area contributed by atoms with Crippen molar-refractivity contribution in [2.24, 2.45) is 5.16 Å². The van der Waals surface area contributed by atoms with Gasteiger partial charge in [-0.15, -0.1) is 6.42 Å². The molecule has 3 aromatic rings. The second kappa shape index (κ2) is 8.85. The Bertz CT molecular complexity index is 1220. The summed E-state index contributed by atoms with van der Waals surface area (Å²) in [5.74, 6) is 4.60. The number of likely N-dealkylation sites (N-methyl/N-ethyl adjacent to an activating group) is 1. The van der Waals surface area contributed by atoms with Crippen LogP contribution < -0.4 is 14.2 Å². The van der Waals surface area contributed by atoms with Crippen LogP contribution in [-0.2, 0) is 4.84 Å². The van der Waals surface area contributed by atoms with Gasteiger partial charge in [0.1, 0.15) is 18.1 Å². The van der Waals surface area contributed by atoms with Crippen LogP contribution in [0.25, 0.3) is 22.2 Å². The lowest BCUT2D eigenvalue weighted by molar-refractivity contribution is 0.113. The molecule has 0 amide bonds. The first-order chi connectivity index (χ1) is 15.5. The molecule has 1 heterocycles. The smallest absolute Gasteiger partial charge is 0.184 e. The van der Waals surface area contributed by atoms with Gasteiger partial charge >= 0.3 is 0 Å². The number of hydrogen-bond acceptors (Lipinski definition) is 6. The molecule has 1 N–H and O–H groups in total. The molecule has 7 nitrogen and oxygen atoms in total. The van der Waals surface area contributed by atoms with E-state index in [4.69, 9.17) is 25.5 Å². The van der Waals surface area contributed by atoms with E-state index < -0.39 is 6.10 Å². The zero-order valence-corrected chi connectivity index (χ0v) is 19.0. The van der Waals surface area contributed by atoms with Crippen molar-refractivity contribution in [2.75, 3.05) is 41.5 Å². The van der Waals surface area contributed by atoms with Gasteiger partial charge < -0.3 is 28.9 Å². The minimum atomic E-state index is -0.453. The summed E-state index contributed by atoms with van der Waals surface area (Å²) in [5, 5.41) is 5.45. The number of rotatable bonds is 8. The Labute approximate surface area is 187 Å². The van der Waals surface area contributed by atoms with Crippen LogP contribution in [0.4, 0.5) is 0 Å². The van der Waals surface area contributed by atoms with Gasteiger partial charge in [0.15, 0.2) is 17.6 Å². The van der Waals surface area contributed by atoms with Crippen LogP contribution in [0.15, 0.2) is 35.5 Å². The highest BCUT2D eigenvalue weighted by atomic mass is 16.6. The van der Waals surface area contributed by atoms with E-state index in [0.29, 0.717) is 23.8 Å². The zero-order valence-electron chi connectivity index (χ0n) is 19.0. The van der Waals surface area contributed by atoms with Crippen LogP contribution in [0, 0.1) is 12.3 Å². The van der Waals surface area contributed by atoms with Gasteiger partial charge in [0.25, 0.3) is 0 Å². The minimum Gasteiger partial charge on any atom is -0.493 e. The summed E-state index contributed by atoms with van der Waals surface area (Å²) in [6, 6.07) is 9.87. The molecule has 0 saturated heterocycles. The molecule has 4 rings (SSSR count). The molecule has 1 aliphatic carbocycles. The number of aromatic amines is 1. The van der Waals surface area contributed by atoms with Crippen LogP contribution >= 0.6 is 0 Å². The average Bonchev–Trinajstić information content (AvgIpc) is 3.30. The Morgan fingerprint density at radius 1 is 1.09 bits per heavy atom. The molecule has 0 aliphatic heterocycles. The normalized spacial score (nSPS) is 14.2. The van der Waals surface area contributed by atoms with Gasteiger partial charge in [-0.1, -0.05) is 11.1 Å². The van der Waals surface area contributed by atoms with E-state index in [0.717, 1.165) is 45.6 Å². The second-order valence-electron chi connectivity index (χ2n) is 7.84. The molecular formula is C25H27N3O4. The van der Waals surface area contributed by atoms with E-state index in [1.807, 2.05) is 44.4 Å². The number of H-pyrrole nitrogens is 1. The lowest BCUT2D eigenvalue weighted by Crippen LogP contribution is -2.19. The maximum atomic E-state index is 5.96. The standard InChI is InChI=1S/C25H27N3O4/c1-7-15(2)32-27-25-18-14-22(30-6)21(29-5)13-17(18)24-23(25)19-12-16(8-9-20(19)26-24)31-11-10-28(3)4/h1,8-9,12-15,26H,10-11H2,2-6H3/b27-25-. The monoisotopic (exact) mass is 433 g/mol. The highest BCUT2D eigenvalue weighted by Gasteiger charge is 2.32. The van der Waals surface area contributed by atoms with Crippen LogP contribution in [0.2, 0.25) is 0 Å². The number of oxime groups is 1. The maximum Gasteiger partial charge on any atom is 0.184 e. The van der Waals surface area contributed by atoms with Crippen molar-refractivity contribution in [3.63, 3.8) is 0 Å². The molecule has 0 saturated carbocycles. The Morgan fingerprint density at radius 2 is 1.81 bits per heavy atom. The topological polar surface area (TPSA) is 68.3 Å². The second-order valence-corrected chi connectivity index (χ2v) is 7.84. The van der Waals surface area contributed by atoms with Crippen LogP contribution in [0.1, 0.15) is 18.1 Å². The summed E-state index contributed by atoms with van der Waals surface area (Å²) in [6.45, 7) is 3.21. The molecule has 0 radical (unpaired) electrons. The number of benzene rings is 2. The quantitative estimate of drug-likeness (QED) is 0.337. The third kappa shape index (κ3) is 3.85. The minimum absolute atomic E-state index is 0.453. The van der Waals surface area contributed by atoms with Crippen molar-refractivity contribution in [1.29, 1.82) is 0 Å². The number of fused-ring (bicyclic) bond motifs is 5. The molecule has 0 spiro atoms. The Balaban J connectivity index is 1.85. The first-order valence-electron chi connectivity index (χ1n) is 10.4. The first-order valence-corrected chi connectivity index (χ1v) is 10.4. The highest BCUT2D eigenvalue weighted by molar-refractivity contribution is 6.30. The number of hydrogen-bond donors (Lipinski definition) is 1. The van der Waals surface area contributed by atoms with E-state index in [-0.39, 0.29) is 0 Å². The molecule has 1 aromatic heterocycles. The van der Waals surface area contributed by atoms with Crippen molar-refractivity contribution in [1.82, 2.24) is 9.88 Å². The number of ether oxygens (including phenoxy) is 3. The molecule has 1 aliphatic rings. The van der Waals surface area contributed by atoms with Crippen molar-refractivity contribution in [3.05, 3.63) is 41.5 Å². The number of nitrogens with zero attached hydrogens (tertiary/aromatic N) is 2. The van der Waals surface area contributed by atoms with Crippen LogP contribution in [0.3, 0.4) is 0 Å². The number of terminal acetylenes is 1. The van der Waals surface area contributed by atoms with Gasteiger partial charge in [-0.05, 0) is 51.4 Å². The number of nitrogens with one attached hydrogen (secondary N) is 1. The summed E-state index contributed by atoms with van der Waals surface area (Å²) >= 11 is 0. The van der Waals surface area contributed by atoms with Gasteiger partial charge in [-0.25, -0.2) is 0 Å². The zero-order chi connectivity index (χ0) is 22.8. The fourth-order valence-electron chi connectivity index (χ4n) is 3.73. The summed E-state index contributed by atoms with van der Waals surface area (Å²) in [6.07, 6.45) is 5.03. The SMILES string of the molecule is C#CC(C)O/N=C1/c2cc(OC)c(OC)cc2-c2[nH]c3ccc(OCCN(C)C)cc3c21. The molecule has 166 valence electrons. The first kappa shape index (κ1) is 21.6. The van der Waals surface area contributed by atoms with Crippen molar-refractivity contribution in [2.45, 2.75) is 13.0 Å². The largest absolute Gasteiger partial charge is 0.493 e. The third-order valence-electron chi connectivity index (χ3n) is 5.40. The maximum absolute atomic E-state index is 5.96. The van der Waals surface area contributed by atoms with E-state index in [9.17, 15) is 0 Å². The predicted octanol–water partition coefficient (Wildman–Crippen LogP) is 3.90. The van der Waals surface area contributed by atoms with Gasteiger partial charge in [0.2, 0.25) is 0 Å². The Hall–Kier alpha value is -3.63. The summed E-state index contributed by atoms with van der Waals surface area (Å²) in [5.41, 5.74) is 5.39. The fraction of sp³-hybridized carbons (Fsp3) is 0.320. The Morgan fingerprint density at radius 3 is 2.47 bits per heavy atom. The summed E-state index contributed by atoms with van der Waals surface area (Å²) in [4.78, 5) is 11.2. The van der Waals surface area contributed by atoms with Gasteiger partial charge in [0, 0.05) is 34.1 Å². The lowest BCUT2D eigenvalue weighted by atomic mass is 10.1. The average molecular weight is 434 g/mol. The summed E-state index contributed by atoms with van der Waals surface area (Å²) < 4.78 is 17.0. The molecule has 32 heavy (non-hydrogen) atoms. The van der Waals surface area contributed by atoms with E-state index >= 15 is 0 Å². The third-order valence-corrected chi connectivity index (χ3v) is 5.40. The van der Waals surface area contributed by atoms with Crippen LogP contribution in [-0.4, -0.2) is 63.2 Å². The van der Waals surface area contributed by atoms with Crippen LogP contribution in [0.5, 0.6) is 17.2 Å². The lowest BCUT2D eigenvalue weighted by Gasteiger charge is -2.12. The van der Waals surface area contributed by atoms with Gasteiger partial charge in [0.05, 0.1) is 19.9 Å². The highest BCUT2D eigenvalue weighted by Crippen LogP contribution is 2.46. The molecule has 0 fully saturated rings. The van der Waals surface area contributed by atoms with E-state index in [2.05, 4.69) is 21.0 Å². The summed E-state index contributed by atoms with van der Waals surface area (Å²) in [7, 11) is 7.27. The molecule has 7 heteroatoms. The molecular weight excluding hydrogens is 406 g/mol. The molecule has 0 bridgehead atoms. The fourth-order valence-corrected chi connectivity index (χ4v) is 3.73. The predicted molar refractivity (Wildman–Crippen MR) is 126 cm³/mol. The van der Waals surface area contributed by atoms with Crippen molar-refractivity contribution >= 4 is 16.6 Å². The van der Waals surface area contributed by atoms with Gasteiger partial charge in [-0.3, -0.25) is 0 Å². The number of methoxy groups -OCH3 is 2. The van der Waals surface area contributed by atoms with Crippen molar-refractivity contribution < 1.29 is 19.0 Å². The van der Waals surface area contributed by atoms with E-state index in [1.165, 1.54) is 0 Å². The molecule has 1 unspecified atom stereocenters.